The van der Waals surface area contributed by atoms with Crippen LogP contribution in [0.3, 0.4) is 0 Å². The summed E-state index contributed by atoms with van der Waals surface area (Å²) in [6, 6.07) is 0. The lowest BCUT2D eigenvalue weighted by Crippen LogP contribution is -2.01. The van der Waals surface area contributed by atoms with E-state index < -0.39 is 0 Å². The fraction of sp³-hybridized carbons (Fsp3) is 0. The molecule has 0 unspecified atom stereocenters. The molecule has 2 aromatic rings. The summed E-state index contributed by atoms with van der Waals surface area (Å²) in [5, 5.41) is 4.08. The summed E-state index contributed by atoms with van der Waals surface area (Å²) >= 11 is 2.17. The van der Waals surface area contributed by atoms with Gasteiger partial charge in [0, 0.05) is 6.20 Å². The first kappa shape index (κ1) is 8.42. The second-order valence-corrected chi connectivity index (χ2v) is 3.65. The van der Waals surface area contributed by atoms with Crippen molar-refractivity contribution in [1.29, 1.82) is 0 Å². The minimum absolute atomic E-state index is 0.392. The van der Waals surface area contributed by atoms with E-state index in [2.05, 4.69) is 37.7 Å². The van der Waals surface area contributed by atoms with E-state index in [0.29, 0.717) is 11.6 Å². The molecule has 0 amide bonds. The molecule has 6 heteroatoms. The Kier molecular flexibility index (Phi) is 2.13. The number of nitrogens with zero attached hydrogens (tertiary/aromatic N) is 4. The van der Waals surface area contributed by atoms with E-state index in [-0.39, 0.29) is 0 Å². The molecule has 0 saturated heterocycles. The molecular weight excluding hydrogens is 281 g/mol. The minimum Gasteiger partial charge on any atom is -0.382 e. The predicted molar refractivity (Wildman–Crippen MR) is 56.3 cm³/mol. The highest BCUT2D eigenvalue weighted by Crippen LogP contribution is 2.07. The topological polar surface area (TPSA) is 69.6 Å². The van der Waals surface area contributed by atoms with Gasteiger partial charge in [-0.1, -0.05) is 0 Å². The second kappa shape index (κ2) is 3.29. The lowest BCUT2D eigenvalue weighted by molar-refractivity contribution is 0.840. The molecule has 0 aromatic carbocycles. The second-order valence-electron chi connectivity index (χ2n) is 2.41. The van der Waals surface area contributed by atoms with Crippen molar-refractivity contribution in [3.63, 3.8) is 0 Å². The van der Waals surface area contributed by atoms with Gasteiger partial charge in [-0.05, 0) is 22.6 Å². The highest BCUT2D eigenvalue weighted by molar-refractivity contribution is 14.1. The smallest absolute Gasteiger partial charge is 0.173 e. The van der Waals surface area contributed by atoms with Crippen LogP contribution in [0.4, 0.5) is 5.82 Å². The van der Waals surface area contributed by atoms with Gasteiger partial charge < -0.3 is 5.73 Å². The molecule has 0 bridgehead atoms. The molecule has 2 rings (SSSR count). The van der Waals surface area contributed by atoms with Crippen molar-refractivity contribution in [2.45, 2.75) is 0 Å². The maximum atomic E-state index is 5.49. The molecule has 13 heavy (non-hydrogen) atoms. The zero-order valence-corrected chi connectivity index (χ0v) is 8.71. The first-order chi connectivity index (χ1) is 6.25. The Morgan fingerprint density at radius 2 is 2.15 bits per heavy atom. The monoisotopic (exact) mass is 287 g/mol. The van der Waals surface area contributed by atoms with Crippen LogP contribution >= 0.6 is 22.6 Å². The number of anilines is 1. The molecular formula is C7H6IN5. The summed E-state index contributed by atoms with van der Waals surface area (Å²) in [7, 11) is 0. The molecule has 66 valence electrons. The number of halogens is 1. The van der Waals surface area contributed by atoms with Gasteiger partial charge in [0.05, 0.1) is 22.2 Å². The molecule has 2 aromatic heterocycles. The van der Waals surface area contributed by atoms with Crippen molar-refractivity contribution in [1.82, 2.24) is 19.7 Å². The van der Waals surface area contributed by atoms with Crippen LogP contribution < -0.4 is 5.73 Å². The number of nitrogens with two attached hydrogens (primary N) is 1. The van der Waals surface area contributed by atoms with Crippen molar-refractivity contribution < 1.29 is 0 Å². The standard InChI is InChI=1S/C7H6IN5/c8-5-1-11-13(4-5)7-3-10-2-6(9)12-7/h1-4H,(H2,9,12). The first-order valence-electron chi connectivity index (χ1n) is 3.54. The van der Waals surface area contributed by atoms with E-state index in [1.54, 1.807) is 17.1 Å². The molecule has 0 aliphatic heterocycles. The normalized spacial score (nSPS) is 10.2. The fourth-order valence-electron chi connectivity index (χ4n) is 0.907. The lowest BCUT2D eigenvalue weighted by Gasteiger charge is -1.98. The van der Waals surface area contributed by atoms with Gasteiger partial charge >= 0.3 is 0 Å². The summed E-state index contributed by atoms with van der Waals surface area (Å²) in [6.07, 6.45) is 6.70. The fourth-order valence-corrected chi connectivity index (χ4v) is 1.30. The summed E-state index contributed by atoms with van der Waals surface area (Å²) < 4.78 is 2.67. The van der Waals surface area contributed by atoms with Crippen LogP contribution in [0.1, 0.15) is 0 Å². The van der Waals surface area contributed by atoms with Crippen LogP contribution in [0, 0.1) is 3.57 Å². The van der Waals surface area contributed by atoms with Crippen molar-refractivity contribution in [3.8, 4) is 5.82 Å². The zero-order valence-electron chi connectivity index (χ0n) is 6.55. The Morgan fingerprint density at radius 1 is 1.31 bits per heavy atom. The van der Waals surface area contributed by atoms with Gasteiger partial charge in [0.25, 0.3) is 0 Å². The summed E-state index contributed by atoms with van der Waals surface area (Å²) in [6.45, 7) is 0. The Labute approximate surface area is 88.1 Å². The quantitative estimate of drug-likeness (QED) is 0.789. The number of aromatic nitrogens is 4. The number of rotatable bonds is 1. The van der Waals surface area contributed by atoms with Gasteiger partial charge in [-0.15, -0.1) is 0 Å². The number of nitrogen functional groups attached to an aromatic ring is 1. The number of hydrogen-bond donors (Lipinski definition) is 1. The molecule has 2 N–H and O–H groups in total. The van der Waals surface area contributed by atoms with Crippen molar-refractivity contribution in [2.75, 3.05) is 5.73 Å². The predicted octanol–water partition coefficient (Wildman–Crippen LogP) is 0.849. The van der Waals surface area contributed by atoms with E-state index in [1.807, 2.05) is 6.20 Å². The molecule has 0 aliphatic rings. The third-order valence-electron chi connectivity index (χ3n) is 1.43. The maximum Gasteiger partial charge on any atom is 0.173 e. The van der Waals surface area contributed by atoms with Crippen LogP contribution in [-0.2, 0) is 0 Å². The molecule has 0 atom stereocenters. The van der Waals surface area contributed by atoms with E-state index >= 15 is 0 Å². The Hall–Kier alpha value is -1.18. The first-order valence-corrected chi connectivity index (χ1v) is 4.61. The van der Waals surface area contributed by atoms with Crippen molar-refractivity contribution in [2.24, 2.45) is 0 Å². The highest BCUT2D eigenvalue weighted by Gasteiger charge is 2.00. The third-order valence-corrected chi connectivity index (χ3v) is 1.98. The van der Waals surface area contributed by atoms with E-state index in [0.717, 1.165) is 3.57 Å². The molecule has 0 fully saturated rings. The van der Waals surface area contributed by atoms with E-state index in [1.165, 1.54) is 6.20 Å². The van der Waals surface area contributed by atoms with Crippen LogP contribution in [0.5, 0.6) is 0 Å². The molecule has 2 heterocycles. The molecule has 0 aliphatic carbocycles. The number of hydrogen-bond acceptors (Lipinski definition) is 4. The zero-order chi connectivity index (χ0) is 9.26. The SMILES string of the molecule is Nc1cncc(-n2cc(I)cn2)n1. The Balaban J connectivity index is 2.46. The summed E-state index contributed by atoms with van der Waals surface area (Å²) in [5.74, 6) is 1.02. The van der Waals surface area contributed by atoms with Gasteiger partial charge in [-0.2, -0.15) is 5.10 Å². The average molecular weight is 287 g/mol. The van der Waals surface area contributed by atoms with Gasteiger partial charge in [0.1, 0.15) is 5.82 Å². The molecule has 0 radical (unpaired) electrons. The van der Waals surface area contributed by atoms with Crippen LogP contribution in [0.25, 0.3) is 5.82 Å². The highest BCUT2D eigenvalue weighted by atomic mass is 127. The molecule has 0 spiro atoms. The van der Waals surface area contributed by atoms with Crippen molar-refractivity contribution >= 4 is 28.4 Å². The van der Waals surface area contributed by atoms with Gasteiger partial charge in [0.15, 0.2) is 5.82 Å². The lowest BCUT2D eigenvalue weighted by atomic mass is 10.6. The van der Waals surface area contributed by atoms with E-state index in [4.69, 9.17) is 5.73 Å². The molecule has 5 nitrogen and oxygen atoms in total. The van der Waals surface area contributed by atoms with Crippen LogP contribution in [0.2, 0.25) is 0 Å². The molecule has 0 saturated carbocycles. The Morgan fingerprint density at radius 3 is 2.77 bits per heavy atom. The summed E-state index contributed by atoms with van der Waals surface area (Å²) in [4.78, 5) is 7.99. The maximum absolute atomic E-state index is 5.49. The summed E-state index contributed by atoms with van der Waals surface area (Å²) in [5.41, 5.74) is 5.49. The van der Waals surface area contributed by atoms with Gasteiger partial charge in [-0.3, -0.25) is 4.98 Å². The van der Waals surface area contributed by atoms with Crippen LogP contribution in [0.15, 0.2) is 24.8 Å². The Bertz CT molecular complexity index is 424. The minimum atomic E-state index is 0.392. The van der Waals surface area contributed by atoms with Gasteiger partial charge in [-0.25, -0.2) is 9.67 Å². The third kappa shape index (κ3) is 1.77. The largest absolute Gasteiger partial charge is 0.382 e. The van der Waals surface area contributed by atoms with Crippen molar-refractivity contribution in [3.05, 3.63) is 28.4 Å². The van der Waals surface area contributed by atoms with E-state index in [9.17, 15) is 0 Å². The van der Waals surface area contributed by atoms with Gasteiger partial charge in [0.2, 0.25) is 0 Å². The van der Waals surface area contributed by atoms with Crippen LogP contribution in [-0.4, -0.2) is 19.7 Å². The average Bonchev–Trinajstić information content (AvgIpc) is 2.52.